The van der Waals surface area contributed by atoms with Crippen molar-refractivity contribution in [2.45, 2.75) is 12.6 Å². The fourth-order valence-electron chi connectivity index (χ4n) is 1.70. The number of rotatable bonds is 5. The molecule has 0 amide bonds. The first-order valence-corrected chi connectivity index (χ1v) is 5.75. The zero-order valence-corrected chi connectivity index (χ0v) is 10.2. The van der Waals surface area contributed by atoms with Crippen LogP contribution in [0.15, 0.2) is 23.0 Å². The lowest BCUT2D eigenvalue weighted by Crippen LogP contribution is -2.18. The zero-order valence-electron chi connectivity index (χ0n) is 10.2. The Hall–Kier alpha value is -2.09. The van der Waals surface area contributed by atoms with Gasteiger partial charge in [-0.2, -0.15) is 13.2 Å². The molecule has 0 aliphatic carbocycles. The van der Waals surface area contributed by atoms with Crippen LogP contribution in [-0.2, 0) is 4.74 Å². The van der Waals surface area contributed by atoms with E-state index in [4.69, 9.17) is 0 Å². The van der Waals surface area contributed by atoms with Gasteiger partial charge in [0, 0.05) is 12.0 Å². The molecule has 0 atom stereocenters. The van der Waals surface area contributed by atoms with Crippen LogP contribution in [0.4, 0.5) is 13.2 Å². The number of H-pyrrole nitrogens is 2. The molecule has 0 radical (unpaired) electrons. The number of fused-ring (bicyclic) bond motifs is 1. The standard InChI is InChI=1S/C12H11F3N2O3/c13-12(14,15)6-20-4-3-10(18)7-1-2-8-9(5-7)17-11(19)16-8/h1-2,5H,3-4,6H2,(H2,16,17,19). The van der Waals surface area contributed by atoms with Crippen molar-refractivity contribution in [3.63, 3.8) is 0 Å². The molecule has 1 heterocycles. The summed E-state index contributed by atoms with van der Waals surface area (Å²) >= 11 is 0. The van der Waals surface area contributed by atoms with E-state index < -0.39 is 18.5 Å². The second kappa shape index (κ2) is 5.49. The van der Waals surface area contributed by atoms with E-state index in [0.29, 0.717) is 16.6 Å². The summed E-state index contributed by atoms with van der Waals surface area (Å²) in [5.41, 5.74) is 0.943. The predicted molar refractivity (Wildman–Crippen MR) is 64.7 cm³/mol. The molecular formula is C12H11F3N2O3. The molecular weight excluding hydrogens is 277 g/mol. The minimum atomic E-state index is -4.40. The summed E-state index contributed by atoms with van der Waals surface area (Å²) in [6, 6.07) is 4.52. The number of nitrogens with one attached hydrogen (secondary N) is 2. The Kier molecular flexibility index (Phi) is 3.93. The van der Waals surface area contributed by atoms with Gasteiger partial charge in [0.15, 0.2) is 5.78 Å². The largest absolute Gasteiger partial charge is 0.411 e. The summed E-state index contributed by atoms with van der Waals surface area (Å²) in [6.45, 7) is -1.68. The summed E-state index contributed by atoms with van der Waals surface area (Å²) in [5.74, 6) is -0.351. The Morgan fingerprint density at radius 3 is 2.60 bits per heavy atom. The number of Topliss-reactive ketones (excluding diaryl/α,β-unsaturated/α-hetero) is 1. The fourth-order valence-corrected chi connectivity index (χ4v) is 1.70. The van der Waals surface area contributed by atoms with E-state index in [2.05, 4.69) is 14.7 Å². The van der Waals surface area contributed by atoms with Crippen LogP contribution in [0.5, 0.6) is 0 Å². The molecule has 0 fully saturated rings. The molecule has 1 aromatic carbocycles. The lowest BCUT2D eigenvalue weighted by Gasteiger charge is -2.07. The first-order chi connectivity index (χ1) is 9.35. The van der Waals surface area contributed by atoms with E-state index >= 15 is 0 Å². The number of aromatic nitrogens is 2. The molecule has 5 nitrogen and oxygen atoms in total. The van der Waals surface area contributed by atoms with Crippen LogP contribution in [0.2, 0.25) is 0 Å². The third kappa shape index (κ3) is 3.70. The third-order valence-electron chi connectivity index (χ3n) is 2.58. The average Bonchev–Trinajstić information content (AvgIpc) is 2.72. The van der Waals surface area contributed by atoms with Crippen molar-refractivity contribution in [3.05, 3.63) is 34.2 Å². The quantitative estimate of drug-likeness (QED) is 0.653. The van der Waals surface area contributed by atoms with Crippen molar-refractivity contribution in [1.82, 2.24) is 9.97 Å². The number of ketones is 1. The smallest absolute Gasteiger partial charge is 0.372 e. The molecule has 20 heavy (non-hydrogen) atoms. The number of hydrogen-bond acceptors (Lipinski definition) is 3. The molecule has 0 aliphatic heterocycles. The number of aromatic amines is 2. The van der Waals surface area contributed by atoms with Crippen molar-refractivity contribution in [3.8, 4) is 0 Å². The highest BCUT2D eigenvalue weighted by molar-refractivity contribution is 5.98. The number of imidazole rings is 1. The molecule has 1 aromatic heterocycles. The van der Waals surface area contributed by atoms with Crippen LogP contribution < -0.4 is 5.69 Å². The summed E-state index contributed by atoms with van der Waals surface area (Å²) in [7, 11) is 0. The number of alkyl halides is 3. The van der Waals surface area contributed by atoms with E-state index in [1.54, 1.807) is 6.07 Å². The highest BCUT2D eigenvalue weighted by Crippen LogP contribution is 2.15. The van der Waals surface area contributed by atoms with Gasteiger partial charge in [-0.15, -0.1) is 0 Å². The van der Waals surface area contributed by atoms with Gasteiger partial charge in [-0.25, -0.2) is 4.79 Å². The summed E-state index contributed by atoms with van der Waals surface area (Å²) < 4.78 is 39.9. The SMILES string of the molecule is O=C(CCOCC(F)(F)F)c1ccc2[nH]c(=O)[nH]c2c1. The second-order valence-electron chi connectivity index (χ2n) is 4.18. The van der Waals surface area contributed by atoms with Crippen molar-refractivity contribution in [2.24, 2.45) is 0 Å². The Labute approximate surface area is 110 Å². The maximum Gasteiger partial charge on any atom is 0.411 e. The molecule has 108 valence electrons. The molecule has 2 N–H and O–H groups in total. The molecule has 0 saturated carbocycles. The van der Waals surface area contributed by atoms with Gasteiger partial charge in [-0.3, -0.25) is 4.79 Å². The van der Waals surface area contributed by atoms with Gasteiger partial charge in [-0.05, 0) is 18.2 Å². The molecule has 0 aliphatic rings. The number of halogens is 3. The third-order valence-corrected chi connectivity index (χ3v) is 2.58. The molecule has 2 rings (SSSR count). The van der Waals surface area contributed by atoms with Crippen LogP contribution in [0.3, 0.4) is 0 Å². The van der Waals surface area contributed by atoms with Gasteiger partial charge < -0.3 is 14.7 Å². The van der Waals surface area contributed by atoms with Crippen LogP contribution in [-0.4, -0.2) is 35.1 Å². The lowest BCUT2D eigenvalue weighted by molar-refractivity contribution is -0.173. The van der Waals surface area contributed by atoms with E-state index in [9.17, 15) is 22.8 Å². The Balaban J connectivity index is 1.95. The number of carbonyl (C=O) groups excluding carboxylic acids is 1. The highest BCUT2D eigenvalue weighted by atomic mass is 19.4. The Bertz CT molecular complexity index is 672. The van der Waals surface area contributed by atoms with Crippen LogP contribution >= 0.6 is 0 Å². The summed E-state index contributed by atoms with van der Waals surface area (Å²) in [6.07, 6.45) is -4.55. The van der Waals surface area contributed by atoms with Crippen molar-refractivity contribution < 1.29 is 22.7 Å². The second-order valence-corrected chi connectivity index (χ2v) is 4.18. The predicted octanol–water partition coefficient (Wildman–Crippen LogP) is 2.01. The number of carbonyl (C=O) groups is 1. The average molecular weight is 288 g/mol. The first kappa shape index (κ1) is 14.3. The van der Waals surface area contributed by atoms with Gasteiger partial charge in [0.1, 0.15) is 6.61 Å². The van der Waals surface area contributed by atoms with Crippen LogP contribution in [0.25, 0.3) is 11.0 Å². The van der Waals surface area contributed by atoms with Crippen LogP contribution in [0, 0.1) is 0 Å². The van der Waals surface area contributed by atoms with E-state index in [-0.39, 0.29) is 18.8 Å². The maximum atomic E-state index is 11.8. The summed E-state index contributed by atoms with van der Waals surface area (Å²) in [4.78, 5) is 27.8. The number of ether oxygens (including phenoxy) is 1. The van der Waals surface area contributed by atoms with Gasteiger partial charge in [-0.1, -0.05) is 0 Å². The topological polar surface area (TPSA) is 75.0 Å². The molecule has 0 bridgehead atoms. The van der Waals surface area contributed by atoms with Crippen molar-refractivity contribution >= 4 is 16.8 Å². The minimum absolute atomic E-state index is 0.157. The minimum Gasteiger partial charge on any atom is -0.372 e. The fraction of sp³-hybridized carbons (Fsp3) is 0.333. The van der Waals surface area contributed by atoms with Gasteiger partial charge >= 0.3 is 11.9 Å². The van der Waals surface area contributed by atoms with Crippen LogP contribution in [0.1, 0.15) is 16.8 Å². The van der Waals surface area contributed by atoms with Crippen molar-refractivity contribution in [2.75, 3.05) is 13.2 Å². The number of hydrogen-bond donors (Lipinski definition) is 2. The van der Waals surface area contributed by atoms with E-state index in [1.807, 2.05) is 0 Å². The van der Waals surface area contributed by atoms with Gasteiger partial charge in [0.25, 0.3) is 0 Å². The number of benzene rings is 1. The Morgan fingerprint density at radius 1 is 1.20 bits per heavy atom. The molecule has 0 saturated heterocycles. The normalized spacial score (nSPS) is 11.9. The van der Waals surface area contributed by atoms with E-state index in [0.717, 1.165) is 0 Å². The van der Waals surface area contributed by atoms with Crippen molar-refractivity contribution in [1.29, 1.82) is 0 Å². The Morgan fingerprint density at radius 2 is 1.90 bits per heavy atom. The highest BCUT2D eigenvalue weighted by Gasteiger charge is 2.27. The molecule has 2 aromatic rings. The molecule has 0 unspecified atom stereocenters. The molecule has 8 heteroatoms. The maximum absolute atomic E-state index is 11.8. The lowest BCUT2D eigenvalue weighted by atomic mass is 10.1. The van der Waals surface area contributed by atoms with Gasteiger partial charge in [0.2, 0.25) is 0 Å². The monoisotopic (exact) mass is 288 g/mol. The van der Waals surface area contributed by atoms with Gasteiger partial charge in [0.05, 0.1) is 17.6 Å². The zero-order chi connectivity index (χ0) is 14.8. The molecule has 0 spiro atoms. The van der Waals surface area contributed by atoms with E-state index in [1.165, 1.54) is 12.1 Å². The summed E-state index contributed by atoms with van der Waals surface area (Å²) in [5, 5.41) is 0. The first-order valence-electron chi connectivity index (χ1n) is 5.75.